The van der Waals surface area contributed by atoms with E-state index in [2.05, 4.69) is 0 Å². The fraction of sp³-hybridized carbons (Fsp3) is 0.824. The summed E-state index contributed by atoms with van der Waals surface area (Å²) in [5, 5.41) is 0. The van der Waals surface area contributed by atoms with E-state index >= 15 is 0 Å². The van der Waals surface area contributed by atoms with Crippen molar-refractivity contribution in [3.8, 4) is 0 Å². The first kappa shape index (κ1) is 25.9. The number of carbonyl (C=O) groups is 1. The summed E-state index contributed by atoms with van der Waals surface area (Å²) in [6, 6.07) is 0. The number of hydrogen-bond acceptors (Lipinski definition) is 6. The molecule has 0 aromatic carbocycles. The average molecular weight is 500 g/mol. The van der Waals surface area contributed by atoms with Gasteiger partial charge in [0.15, 0.2) is 4.58 Å². The van der Waals surface area contributed by atoms with Crippen molar-refractivity contribution in [3.63, 3.8) is 0 Å². The van der Waals surface area contributed by atoms with Gasteiger partial charge < -0.3 is 4.74 Å². The Hall–Kier alpha value is -1.31. The normalized spacial score (nSPS) is 25.2. The third-order valence-electron chi connectivity index (χ3n) is 5.66. The zero-order valence-corrected chi connectivity index (χ0v) is 18.0. The molecular formula is C17H22F6O6S2. The maximum atomic E-state index is 12.8. The van der Waals surface area contributed by atoms with Gasteiger partial charge in [-0.3, -0.25) is 4.79 Å². The van der Waals surface area contributed by atoms with Gasteiger partial charge >= 0.3 is 17.0 Å². The van der Waals surface area contributed by atoms with Crippen LogP contribution in [0.1, 0.15) is 45.4 Å². The second-order valence-corrected chi connectivity index (χ2v) is 12.3. The van der Waals surface area contributed by atoms with E-state index in [1.165, 1.54) is 6.92 Å². The predicted molar refractivity (Wildman–Crippen MR) is 96.6 cm³/mol. The molecule has 2 rings (SSSR count). The number of fused-ring (bicyclic) bond motifs is 2. The van der Waals surface area contributed by atoms with Gasteiger partial charge in [0.2, 0.25) is 0 Å². The molecule has 1 fully saturated rings. The highest BCUT2D eigenvalue weighted by molar-refractivity contribution is 8.09. The quantitative estimate of drug-likeness (QED) is 0.271. The maximum absolute atomic E-state index is 12.8. The Bertz CT molecular complexity index is 862. The van der Waals surface area contributed by atoms with E-state index in [1.807, 2.05) is 12.2 Å². The number of allylic oxidation sites excluding steroid dienone is 2. The molecule has 2 aliphatic rings. The van der Waals surface area contributed by atoms with Crippen molar-refractivity contribution in [1.29, 1.82) is 0 Å². The molecule has 2 bridgehead atoms. The molecule has 0 aromatic heterocycles. The fourth-order valence-electron chi connectivity index (χ4n) is 4.02. The molecule has 31 heavy (non-hydrogen) atoms. The maximum Gasteiger partial charge on any atom is 0.498 e. The van der Waals surface area contributed by atoms with Gasteiger partial charge in [0.05, 0.1) is 0 Å². The Labute approximate surface area is 175 Å². The van der Waals surface area contributed by atoms with Crippen molar-refractivity contribution in [2.45, 2.75) is 67.2 Å². The van der Waals surface area contributed by atoms with Crippen LogP contribution >= 0.6 is 0 Å². The molecule has 14 heteroatoms. The highest BCUT2D eigenvalue weighted by atomic mass is 32.3. The Kier molecular flexibility index (Phi) is 7.46. The van der Waals surface area contributed by atoms with Gasteiger partial charge in [0, 0.05) is 6.42 Å². The summed E-state index contributed by atoms with van der Waals surface area (Å²) in [6.07, 6.45) is 2.11. The number of ether oxygens (including phenoxy) is 1. The molecule has 0 aliphatic heterocycles. The van der Waals surface area contributed by atoms with Crippen LogP contribution in [0.3, 0.4) is 0 Å². The first-order valence-corrected chi connectivity index (χ1v) is 12.6. The molecule has 1 saturated carbocycles. The number of rotatable bonds is 9. The molecule has 0 amide bonds. The number of esters is 1. The third-order valence-corrected chi connectivity index (χ3v) is 10.3. The van der Waals surface area contributed by atoms with E-state index in [4.69, 9.17) is 4.74 Å². The lowest BCUT2D eigenvalue weighted by molar-refractivity contribution is -0.151. The molecule has 0 aromatic rings. The van der Waals surface area contributed by atoms with Crippen molar-refractivity contribution in [1.82, 2.24) is 0 Å². The van der Waals surface area contributed by atoms with Gasteiger partial charge in [-0.2, -0.15) is 26.3 Å². The summed E-state index contributed by atoms with van der Waals surface area (Å²) in [4.78, 5) is 12.2. The van der Waals surface area contributed by atoms with Gasteiger partial charge in [0.1, 0.15) is 6.10 Å². The summed E-state index contributed by atoms with van der Waals surface area (Å²) in [7, 11) is -13.4. The van der Waals surface area contributed by atoms with Crippen LogP contribution in [-0.2, 0) is 29.2 Å². The van der Waals surface area contributed by atoms with Gasteiger partial charge in [0.25, 0.3) is 19.7 Å². The Balaban J connectivity index is 2.09. The molecule has 4 unspecified atom stereocenters. The first-order chi connectivity index (χ1) is 14.0. The number of halogens is 6. The average Bonchev–Trinajstić information content (AvgIpc) is 3.21. The first-order valence-electron chi connectivity index (χ1n) is 9.48. The zero-order valence-electron chi connectivity index (χ0n) is 16.3. The second kappa shape index (κ2) is 8.91. The molecule has 2 aliphatic carbocycles. The van der Waals surface area contributed by atoms with Crippen LogP contribution in [-0.4, -0.2) is 44.5 Å². The number of sulfone groups is 2. The molecule has 0 spiro atoms. The van der Waals surface area contributed by atoms with Crippen LogP contribution in [0, 0.1) is 17.8 Å². The van der Waals surface area contributed by atoms with Crippen LogP contribution < -0.4 is 0 Å². The number of alkyl halides is 6. The highest BCUT2D eigenvalue weighted by Crippen LogP contribution is 2.45. The van der Waals surface area contributed by atoms with E-state index < -0.39 is 60.2 Å². The van der Waals surface area contributed by atoms with Crippen molar-refractivity contribution in [3.05, 3.63) is 12.2 Å². The van der Waals surface area contributed by atoms with Crippen LogP contribution in [0.25, 0.3) is 0 Å². The summed E-state index contributed by atoms with van der Waals surface area (Å²) >= 11 is 0. The van der Waals surface area contributed by atoms with Crippen LogP contribution in [0.15, 0.2) is 12.2 Å². The third kappa shape index (κ3) is 5.55. The van der Waals surface area contributed by atoms with Crippen LogP contribution in [0.4, 0.5) is 26.3 Å². The lowest BCUT2D eigenvalue weighted by Crippen LogP contribution is -2.45. The minimum Gasteiger partial charge on any atom is -0.462 e. The minimum absolute atomic E-state index is 0.00708. The molecule has 6 nitrogen and oxygen atoms in total. The largest absolute Gasteiger partial charge is 0.498 e. The Morgan fingerprint density at radius 1 is 0.968 bits per heavy atom. The predicted octanol–water partition coefficient (Wildman–Crippen LogP) is 3.89. The topological polar surface area (TPSA) is 94.6 Å². The van der Waals surface area contributed by atoms with Gasteiger partial charge in [-0.1, -0.05) is 19.1 Å². The smallest absolute Gasteiger partial charge is 0.462 e. The summed E-state index contributed by atoms with van der Waals surface area (Å²) < 4.78 is 124. The van der Waals surface area contributed by atoms with Gasteiger partial charge in [-0.15, -0.1) is 0 Å². The van der Waals surface area contributed by atoms with Crippen molar-refractivity contribution < 1.29 is 52.7 Å². The molecule has 0 N–H and O–H groups in total. The molecule has 0 radical (unpaired) electrons. The molecule has 0 heterocycles. The van der Waals surface area contributed by atoms with Crippen molar-refractivity contribution in [2.24, 2.45) is 17.8 Å². The SMILES string of the molecule is CCC(CCC(S(=O)(=O)C(F)(F)F)S(=O)(=O)C(F)(F)F)OC(=O)CC1CC2C=CC1C2. The number of carbonyl (C=O) groups excluding carboxylic acids is 1. The van der Waals surface area contributed by atoms with E-state index in [0.29, 0.717) is 5.92 Å². The van der Waals surface area contributed by atoms with E-state index in [0.717, 1.165) is 12.8 Å². The minimum atomic E-state index is -6.69. The lowest BCUT2D eigenvalue weighted by atomic mass is 9.91. The van der Waals surface area contributed by atoms with Crippen LogP contribution in [0.5, 0.6) is 0 Å². The van der Waals surface area contributed by atoms with E-state index in [1.54, 1.807) is 0 Å². The highest BCUT2D eigenvalue weighted by Gasteiger charge is 2.62. The zero-order chi connectivity index (χ0) is 23.8. The van der Waals surface area contributed by atoms with Gasteiger partial charge in [-0.05, 0) is 49.9 Å². The second-order valence-electron chi connectivity index (χ2n) is 7.75. The monoisotopic (exact) mass is 500 g/mol. The lowest BCUT2D eigenvalue weighted by Gasteiger charge is -2.24. The molecule has 180 valence electrons. The number of hydrogen-bond donors (Lipinski definition) is 0. The Morgan fingerprint density at radius 2 is 1.52 bits per heavy atom. The van der Waals surface area contributed by atoms with Crippen LogP contribution in [0.2, 0.25) is 0 Å². The van der Waals surface area contributed by atoms with E-state index in [-0.39, 0.29) is 24.7 Å². The van der Waals surface area contributed by atoms with Crippen molar-refractivity contribution >= 4 is 25.6 Å². The summed E-state index contributed by atoms with van der Waals surface area (Å²) in [5.41, 5.74) is -12.4. The summed E-state index contributed by atoms with van der Waals surface area (Å²) in [6.45, 7) is 1.42. The standard InChI is InChI=1S/C17H22F6O6S2/c1-2-13(29-14(24)9-12-8-10-3-4-11(12)7-10)5-6-15(30(25,26)16(18,19)20)31(27,28)17(21,22)23/h3-4,10-13,15H,2,5-9H2,1H3. The Morgan fingerprint density at radius 3 is 1.90 bits per heavy atom. The molecule has 0 saturated heterocycles. The van der Waals surface area contributed by atoms with Gasteiger partial charge in [-0.25, -0.2) is 16.8 Å². The summed E-state index contributed by atoms with van der Waals surface area (Å²) in [5.74, 6) is -0.128. The van der Waals surface area contributed by atoms with Crippen molar-refractivity contribution in [2.75, 3.05) is 0 Å². The molecule has 4 atom stereocenters. The molecular weight excluding hydrogens is 478 g/mol. The van der Waals surface area contributed by atoms with E-state index in [9.17, 15) is 48.0 Å². The fourth-order valence-corrected chi connectivity index (χ4v) is 7.50.